The maximum atomic E-state index is 11.8. The Morgan fingerprint density at radius 3 is 2.25 bits per heavy atom. The third kappa shape index (κ3) is 5.59. The molecule has 2 aromatic carbocycles. The molecule has 0 aliphatic carbocycles. The summed E-state index contributed by atoms with van der Waals surface area (Å²) in [6.07, 6.45) is 1.38. The van der Waals surface area contributed by atoms with Crippen LogP contribution in [-0.4, -0.2) is 53.8 Å². The topological polar surface area (TPSA) is 84.7 Å². The molecule has 0 radical (unpaired) electrons. The first kappa shape index (κ1) is 22.1. The van der Waals surface area contributed by atoms with Gasteiger partial charge in [-0.1, -0.05) is 60.7 Å². The summed E-state index contributed by atoms with van der Waals surface area (Å²) in [5.74, 6) is -0.552. The fourth-order valence-electron chi connectivity index (χ4n) is 3.75. The van der Waals surface area contributed by atoms with Crippen LogP contribution in [0.25, 0.3) is 0 Å². The Balaban J connectivity index is 1.41. The van der Waals surface area contributed by atoms with E-state index in [9.17, 15) is 4.79 Å². The standard InChI is InChI=1S/C24H27N3O5/c1-29-24(28)23-25-17-27(26-23)21-15-32-22(16-31-13-19-10-6-3-7-11-19)20(21)14-30-12-18-8-4-2-5-9-18/h2-11,17,20-22H,12-16H2,1H3/t20-,21-,22+/m0/s1. The summed E-state index contributed by atoms with van der Waals surface area (Å²) in [7, 11) is 1.31. The second-order valence-corrected chi connectivity index (χ2v) is 7.64. The molecule has 0 unspecified atom stereocenters. The van der Waals surface area contributed by atoms with Crippen LogP contribution in [0, 0.1) is 5.92 Å². The Morgan fingerprint density at radius 1 is 1.00 bits per heavy atom. The van der Waals surface area contributed by atoms with Gasteiger partial charge in [0.25, 0.3) is 5.82 Å². The van der Waals surface area contributed by atoms with Gasteiger partial charge in [-0.25, -0.2) is 14.5 Å². The maximum absolute atomic E-state index is 11.8. The molecule has 1 aliphatic rings. The molecular weight excluding hydrogens is 410 g/mol. The van der Waals surface area contributed by atoms with E-state index < -0.39 is 5.97 Å². The molecule has 4 rings (SSSR count). The normalized spacial score (nSPS) is 20.3. The van der Waals surface area contributed by atoms with Gasteiger partial charge in [0.2, 0.25) is 0 Å². The number of carbonyl (C=O) groups is 1. The quantitative estimate of drug-likeness (QED) is 0.451. The molecule has 0 saturated carbocycles. The number of aromatic nitrogens is 3. The fourth-order valence-corrected chi connectivity index (χ4v) is 3.75. The number of nitrogens with zero attached hydrogens (tertiary/aromatic N) is 3. The van der Waals surface area contributed by atoms with E-state index in [1.165, 1.54) is 13.4 Å². The van der Waals surface area contributed by atoms with Crippen LogP contribution in [0.15, 0.2) is 67.0 Å². The van der Waals surface area contributed by atoms with Gasteiger partial charge in [0.05, 0.1) is 52.3 Å². The molecular formula is C24H27N3O5. The van der Waals surface area contributed by atoms with Crippen molar-refractivity contribution in [1.29, 1.82) is 0 Å². The highest BCUT2D eigenvalue weighted by atomic mass is 16.5. The maximum Gasteiger partial charge on any atom is 0.377 e. The Labute approximate surface area is 187 Å². The highest BCUT2D eigenvalue weighted by Gasteiger charge is 2.39. The van der Waals surface area contributed by atoms with E-state index in [4.69, 9.17) is 18.9 Å². The van der Waals surface area contributed by atoms with E-state index in [1.807, 2.05) is 60.7 Å². The average molecular weight is 437 g/mol. The number of ether oxygens (including phenoxy) is 4. The van der Waals surface area contributed by atoms with Gasteiger partial charge < -0.3 is 18.9 Å². The van der Waals surface area contributed by atoms with Gasteiger partial charge in [0.15, 0.2) is 0 Å². The summed E-state index contributed by atoms with van der Waals surface area (Å²) in [4.78, 5) is 15.8. The molecule has 32 heavy (non-hydrogen) atoms. The third-order valence-corrected chi connectivity index (χ3v) is 5.48. The molecule has 2 heterocycles. The molecule has 0 spiro atoms. The van der Waals surface area contributed by atoms with Crippen LogP contribution in [0.2, 0.25) is 0 Å². The number of esters is 1. The van der Waals surface area contributed by atoms with Crippen molar-refractivity contribution in [3.05, 3.63) is 83.9 Å². The molecule has 8 heteroatoms. The molecule has 0 bridgehead atoms. The van der Waals surface area contributed by atoms with Gasteiger partial charge >= 0.3 is 5.97 Å². The number of rotatable bonds is 10. The number of hydrogen-bond donors (Lipinski definition) is 0. The first-order valence-electron chi connectivity index (χ1n) is 10.6. The van der Waals surface area contributed by atoms with E-state index in [-0.39, 0.29) is 23.9 Å². The molecule has 1 aromatic heterocycles. The highest BCUT2D eigenvalue weighted by molar-refractivity contribution is 5.84. The minimum absolute atomic E-state index is 0.0123. The van der Waals surface area contributed by atoms with Crippen molar-refractivity contribution in [3.8, 4) is 0 Å². The summed E-state index contributed by atoms with van der Waals surface area (Å²) < 4.78 is 24.4. The van der Waals surface area contributed by atoms with Crippen molar-refractivity contribution in [2.24, 2.45) is 5.92 Å². The molecule has 0 amide bonds. The molecule has 1 fully saturated rings. The summed E-state index contributed by atoms with van der Waals surface area (Å²) in [6, 6.07) is 19.9. The predicted molar refractivity (Wildman–Crippen MR) is 116 cm³/mol. The first-order valence-corrected chi connectivity index (χ1v) is 10.6. The second-order valence-electron chi connectivity index (χ2n) is 7.64. The largest absolute Gasteiger partial charge is 0.463 e. The van der Waals surface area contributed by atoms with Crippen LogP contribution in [0.3, 0.4) is 0 Å². The Kier molecular flexibility index (Phi) is 7.60. The zero-order valence-electron chi connectivity index (χ0n) is 18.0. The van der Waals surface area contributed by atoms with Crippen LogP contribution in [-0.2, 0) is 32.2 Å². The van der Waals surface area contributed by atoms with Gasteiger partial charge in [-0.15, -0.1) is 5.10 Å². The van der Waals surface area contributed by atoms with E-state index in [2.05, 4.69) is 10.1 Å². The van der Waals surface area contributed by atoms with E-state index in [0.29, 0.717) is 33.0 Å². The summed E-state index contributed by atoms with van der Waals surface area (Å²) in [6.45, 7) is 2.35. The van der Waals surface area contributed by atoms with Crippen LogP contribution < -0.4 is 0 Å². The lowest BCUT2D eigenvalue weighted by Crippen LogP contribution is -2.31. The SMILES string of the molecule is COC(=O)c1ncn([C@H]2CO[C@H](COCc3ccccc3)[C@H]2COCc2ccccc2)n1. The molecule has 3 aromatic rings. The van der Waals surface area contributed by atoms with Crippen LogP contribution in [0.4, 0.5) is 0 Å². The van der Waals surface area contributed by atoms with Gasteiger partial charge in [-0.3, -0.25) is 0 Å². The van der Waals surface area contributed by atoms with Gasteiger partial charge in [0.1, 0.15) is 6.33 Å². The van der Waals surface area contributed by atoms with Crippen molar-refractivity contribution in [2.75, 3.05) is 26.9 Å². The predicted octanol–water partition coefficient (Wildman–Crippen LogP) is 3.05. The number of carbonyl (C=O) groups excluding carboxylic acids is 1. The van der Waals surface area contributed by atoms with Crippen molar-refractivity contribution >= 4 is 5.97 Å². The molecule has 1 aliphatic heterocycles. The van der Waals surface area contributed by atoms with Crippen molar-refractivity contribution in [2.45, 2.75) is 25.4 Å². The van der Waals surface area contributed by atoms with Gasteiger partial charge in [-0.05, 0) is 11.1 Å². The lowest BCUT2D eigenvalue weighted by Gasteiger charge is -2.23. The second kappa shape index (κ2) is 11.0. The summed E-state index contributed by atoms with van der Waals surface area (Å²) in [5, 5.41) is 4.30. The average Bonchev–Trinajstić information content (AvgIpc) is 3.47. The van der Waals surface area contributed by atoms with E-state index >= 15 is 0 Å². The fraction of sp³-hybridized carbons (Fsp3) is 0.375. The minimum Gasteiger partial charge on any atom is -0.463 e. The number of hydrogen-bond acceptors (Lipinski definition) is 7. The van der Waals surface area contributed by atoms with Crippen LogP contribution >= 0.6 is 0 Å². The number of methoxy groups -OCH3 is 1. The lowest BCUT2D eigenvalue weighted by molar-refractivity contribution is -0.0240. The van der Waals surface area contributed by atoms with Crippen molar-refractivity contribution in [1.82, 2.24) is 14.8 Å². The van der Waals surface area contributed by atoms with E-state index in [1.54, 1.807) is 4.68 Å². The molecule has 3 atom stereocenters. The Bertz CT molecular complexity index is 980. The molecule has 1 saturated heterocycles. The zero-order chi connectivity index (χ0) is 22.2. The monoisotopic (exact) mass is 437 g/mol. The minimum atomic E-state index is -0.567. The Hall–Kier alpha value is -3.07. The van der Waals surface area contributed by atoms with E-state index in [0.717, 1.165) is 11.1 Å². The Morgan fingerprint density at radius 2 is 1.62 bits per heavy atom. The van der Waals surface area contributed by atoms with Crippen LogP contribution in [0.1, 0.15) is 27.8 Å². The smallest absolute Gasteiger partial charge is 0.377 e. The third-order valence-electron chi connectivity index (χ3n) is 5.48. The zero-order valence-corrected chi connectivity index (χ0v) is 18.0. The molecule has 0 N–H and O–H groups in total. The van der Waals surface area contributed by atoms with Crippen molar-refractivity contribution in [3.63, 3.8) is 0 Å². The van der Waals surface area contributed by atoms with Gasteiger partial charge in [0, 0.05) is 5.92 Å². The lowest BCUT2D eigenvalue weighted by atomic mass is 9.98. The molecule has 168 valence electrons. The highest BCUT2D eigenvalue weighted by Crippen LogP contribution is 2.32. The molecule has 8 nitrogen and oxygen atoms in total. The van der Waals surface area contributed by atoms with Crippen molar-refractivity contribution < 1.29 is 23.7 Å². The number of benzene rings is 2. The van der Waals surface area contributed by atoms with Crippen LogP contribution in [0.5, 0.6) is 0 Å². The van der Waals surface area contributed by atoms with Gasteiger partial charge in [-0.2, -0.15) is 0 Å². The first-order chi connectivity index (χ1) is 15.7. The summed E-state index contributed by atoms with van der Waals surface area (Å²) in [5.41, 5.74) is 2.21. The summed E-state index contributed by atoms with van der Waals surface area (Å²) >= 11 is 0.